The van der Waals surface area contributed by atoms with Gasteiger partial charge in [0.2, 0.25) is 5.43 Å². The average molecular weight is 476 g/mol. The van der Waals surface area contributed by atoms with Gasteiger partial charge in [-0.2, -0.15) is 0 Å². The van der Waals surface area contributed by atoms with Crippen LogP contribution in [-0.4, -0.2) is 41.5 Å². The first kappa shape index (κ1) is 25.3. The van der Waals surface area contributed by atoms with Gasteiger partial charge >= 0.3 is 5.97 Å². The van der Waals surface area contributed by atoms with Gasteiger partial charge in [-0.15, -0.1) is 0 Å². The third kappa shape index (κ3) is 4.79. The lowest BCUT2D eigenvalue weighted by Crippen LogP contribution is -2.26. The smallest absolute Gasteiger partial charge is 0.341 e. The number of aromatic carboxylic acids is 1. The maximum absolute atomic E-state index is 14.2. The number of benzene rings is 2. The number of fused-ring (bicyclic) bond motifs is 1. The molecule has 1 atom stereocenters. The molecule has 2 N–H and O–H groups in total. The lowest BCUT2D eigenvalue weighted by Gasteiger charge is -2.26. The van der Waals surface area contributed by atoms with Crippen molar-refractivity contribution in [2.75, 3.05) is 25.6 Å². The molecule has 182 valence electrons. The van der Waals surface area contributed by atoms with Crippen molar-refractivity contribution in [3.05, 3.63) is 74.8 Å². The van der Waals surface area contributed by atoms with Crippen LogP contribution < -0.4 is 10.3 Å². The van der Waals surface area contributed by atoms with E-state index in [1.54, 1.807) is 29.6 Å². The third-order valence-corrected chi connectivity index (χ3v) is 6.01. The lowest BCUT2D eigenvalue weighted by molar-refractivity contribution is 0.0694. The van der Waals surface area contributed by atoms with Crippen LogP contribution in [0.25, 0.3) is 10.9 Å². The molecule has 2 aromatic carbocycles. The largest absolute Gasteiger partial charge is 0.477 e. The summed E-state index contributed by atoms with van der Waals surface area (Å²) in [6, 6.07) is 3.99. The van der Waals surface area contributed by atoms with E-state index >= 15 is 0 Å². The predicted octanol–water partition coefficient (Wildman–Crippen LogP) is 4.16. The molecule has 0 saturated carbocycles. The molecule has 0 spiro atoms. The van der Waals surface area contributed by atoms with Crippen LogP contribution in [0.1, 0.15) is 41.4 Å². The van der Waals surface area contributed by atoms with E-state index in [4.69, 9.17) is 0 Å². The van der Waals surface area contributed by atoms with Crippen LogP contribution in [0.15, 0.2) is 35.3 Å². The molecule has 0 radical (unpaired) electrons. The fourth-order valence-electron chi connectivity index (χ4n) is 4.16. The van der Waals surface area contributed by atoms with E-state index in [0.29, 0.717) is 28.9 Å². The molecule has 34 heavy (non-hydrogen) atoms. The highest BCUT2D eigenvalue weighted by Gasteiger charge is 2.23. The van der Waals surface area contributed by atoms with Gasteiger partial charge in [0.1, 0.15) is 23.0 Å². The first-order valence-electron chi connectivity index (χ1n) is 10.8. The van der Waals surface area contributed by atoms with Gasteiger partial charge in [-0.1, -0.05) is 13.8 Å². The molecule has 1 aromatic heterocycles. The maximum atomic E-state index is 14.2. The Morgan fingerprint density at radius 2 is 1.68 bits per heavy atom. The molecule has 0 bridgehead atoms. The summed E-state index contributed by atoms with van der Waals surface area (Å²) in [6.45, 7) is 3.48. The monoisotopic (exact) mass is 476 g/mol. The lowest BCUT2D eigenvalue weighted by atomic mass is 9.97. The van der Waals surface area contributed by atoms with Crippen molar-refractivity contribution in [1.29, 1.82) is 0 Å². The Balaban J connectivity index is 2.24. The Morgan fingerprint density at radius 1 is 1.06 bits per heavy atom. The maximum Gasteiger partial charge on any atom is 0.341 e. The minimum Gasteiger partial charge on any atom is -0.477 e. The first-order valence-corrected chi connectivity index (χ1v) is 10.8. The predicted molar refractivity (Wildman–Crippen MR) is 124 cm³/mol. The highest BCUT2D eigenvalue weighted by Crippen LogP contribution is 2.30. The summed E-state index contributed by atoms with van der Waals surface area (Å²) in [5.74, 6) is -4.46. The van der Waals surface area contributed by atoms with Crippen molar-refractivity contribution in [3.8, 4) is 0 Å². The number of carboxylic acid groups (broad SMARTS) is 1. The number of carboxylic acids is 1. The summed E-state index contributed by atoms with van der Waals surface area (Å²) in [6.07, 6.45) is 1.27. The van der Waals surface area contributed by atoms with Gasteiger partial charge in [0.15, 0.2) is 0 Å². The Kier molecular flexibility index (Phi) is 7.35. The van der Waals surface area contributed by atoms with E-state index in [0.717, 1.165) is 0 Å². The number of pyridine rings is 1. The van der Waals surface area contributed by atoms with Gasteiger partial charge in [0, 0.05) is 49.1 Å². The number of aryl methyl sites for hydroxylation is 1. The molecule has 0 aliphatic carbocycles. The van der Waals surface area contributed by atoms with E-state index < -0.39 is 40.5 Å². The second-order valence-electron chi connectivity index (χ2n) is 8.82. The number of aromatic nitrogens is 1. The molecule has 3 rings (SSSR count). The summed E-state index contributed by atoms with van der Waals surface area (Å²) in [7, 11) is 3.54. The van der Waals surface area contributed by atoms with Crippen LogP contribution in [0.5, 0.6) is 0 Å². The molecule has 0 saturated heterocycles. The molecular weight excluding hydrogens is 449 g/mol. The molecular formula is C25H27F3N2O4. The molecule has 0 aliphatic rings. The van der Waals surface area contributed by atoms with Crippen LogP contribution in [0.3, 0.4) is 0 Å². The number of aliphatic hydroxyl groups excluding tert-OH is 1. The normalized spacial score (nSPS) is 12.4. The Morgan fingerprint density at radius 3 is 2.18 bits per heavy atom. The van der Waals surface area contributed by atoms with Gasteiger partial charge in [0.05, 0.1) is 18.2 Å². The molecule has 1 heterocycles. The zero-order valence-electron chi connectivity index (χ0n) is 19.4. The average Bonchev–Trinajstić information content (AvgIpc) is 2.74. The van der Waals surface area contributed by atoms with Crippen molar-refractivity contribution in [1.82, 2.24) is 4.57 Å². The van der Waals surface area contributed by atoms with Gasteiger partial charge in [-0.25, -0.2) is 18.0 Å². The minimum atomic E-state index is -1.39. The zero-order valence-corrected chi connectivity index (χ0v) is 19.4. The summed E-state index contributed by atoms with van der Waals surface area (Å²) in [5.41, 5.74) is 0.261. The van der Waals surface area contributed by atoms with Crippen LogP contribution in [0, 0.1) is 23.4 Å². The molecule has 0 amide bonds. The number of hydrogen-bond acceptors (Lipinski definition) is 4. The molecule has 3 aromatic rings. The fraction of sp³-hybridized carbons (Fsp3) is 0.360. The number of hydrogen-bond donors (Lipinski definition) is 2. The van der Waals surface area contributed by atoms with Gasteiger partial charge in [-0.3, -0.25) is 4.79 Å². The molecule has 6 nitrogen and oxygen atoms in total. The Hall–Kier alpha value is -3.33. The quantitative estimate of drug-likeness (QED) is 0.510. The topological polar surface area (TPSA) is 82.8 Å². The number of nitrogens with zero attached hydrogens (tertiary/aromatic N) is 2. The summed E-state index contributed by atoms with van der Waals surface area (Å²) < 4.78 is 43.2. The highest BCUT2D eigenvalue weighted by molar-refractivity contribution is 5.94. The van der Waals surface area contributed by atoms with Crippen LogP contribution in [0.2, 0.25) is 0 Å². The van der Waals surface area contributed by atoms with Crippen molar-refractivity contribution in [2.45, 2.75) is 32.7 Å². The number of aliphatic hydroxyl groups is 1. The summed E-state index contributed by atoms with van der Waals surface area (Å²) in [5, 5.41) is 19.7. The second kappa shape index (κ2) is 9.89. The number of anilines is 1. The van der Waals surface area contributed by atoms with Gasteiger partial charge in [-0.05, 0) is 36.5 Å². The number of halogens is 3. The SMILES string of the molecule is CC(C)[C@@H](CO)n1cc(C(=O)O)c(=O)c2cc(CCc3c(F)cc(F)cc3F)c(N(C)C)cc21. The van der Waals surface area contributed by atoms with Gasteiger partial charge in [0.25, 0.3) is 0 Å². The molecule has 9 heteroatoms. The van der Waals surface area contributed by atoms with Gasteiger partial charge < -0.3 is 19.7 Å². The van der Waals surface area contributed by atoms with E-state index in [2.05, 4.69) is 0 Å². The van der Waals surface area contributed by atoms with E-state index in [1.807, 2.05) is 13.8 Å². The standard InChI is InChI=1S/C25H27F3N2O4/c1-13(2)23(12-31)30-11-18(25(33)34)24(32)17-7-14(21(29(3)4)10-22(17)30)5-6-16-19(27)8-15(26)9-20(16)28/h7-11,13,23,31H,5-6,12H2,1-4H3,(H,33,34)/t23-/m1/s1. The van der Waals surface area contributed by atoms with E-state index in [-0.39, 0.29) is 36.3 Å². The van der Waals surface area contributed by atoms with Crippen molar-refractivity contribution in [3.63, 3.8) is 0 Å². The molecule has 0 fully saturated rings. The zero-order chi connectivity index (χ0) is 25.3. The minimum absolute atomic E-state index is 0.0655. The summed E-state index contributed by atoms with van der Waals surface area (Å²) >= 11 is 0. The first-order chi connectivity index (χ1) is 16.0. The van der Waals surface area contributed by atoms with Crippen molar-refractivity contribution in [2.24, 2.45) is 5.92 Å². The van der Waals surface area contributed by atoms with Crippen LogP contribution in [0.4, 0.5) is 18.9 Å². The Bertz CT molecular complexity index is 1280. The van der Waals surface area contributed by atoms with Crippen LogP contribution in [-0.2, 0) is 12.8 Å². The second-order valence-corrected chi connectivity index (χ2v) is 8.82. The molecule has 0 aliphatic heterocycles. The van der Waals surface area contributed by atoms with Crippen molar-refractivity contribution >= 4 is 22.6 Å². The van der Waals surface area contributed by atoms with Crippen LogP contribution >= 0.6 is 0 Å². The van der Waals surface area contributed by atoms with Crippen molar-refractivity contribution < 1.29 is 28.2 Å². The molecule has 0 unspecified atom stereocenters. The highest BCUT2D eigenvalue weighted by atomic mass is 19.1. The number of carbonyl (C=O) groups is 1. The number of rotatable bonds is 8. The van der Waals surface area contributed by atoms with E-state index in [9.17, 15) is 33.0 Å². The Labute approximate surface area is 194 Å². The van der Waals surface area contributed by atoms with E-state index in [1.165, 1.54) is 12.3 Å². The third-order valence-electron chi connectivity index (χ3n) is 6.01. The summed E-state index contributed by atoms with van der Waals surface area (Å²) in [4.78, 5) is 26.6. The fourth-order valence-corrected chi connectivity index (χ4v) is 4.16.